The Balaban J connectivity index is 1.62. The van der Waals surface area contributed by atoms with Gasteiger partial charge in [0.1, 0.15) is 6.04 Å². The van der Waals surface area contributed by atoms with Gasteiger partial charge in [0.15, 0.2) is 0 Å². The maximum atomic E-state index is 12.5. The molecule has 0 fully saturated rings. The van der Waals surface area contributed by atoms with Crippen LogP contribution in [-0.2, 0) is 16.0 Å². The van der Waals surface area contributed by atoms with Gasteiger partial charge in [-0.25, -0.2) is 9.59 Å². The van der Waals surface area contributed by atoms with E-state index in [0.717, 1.165) is 6.08 Å². The standard InChI is InChI=1S/C26H20Cl2N2O6/c27-19-5-2-6-20(28)23(19)24(32)29-18-10-7-16(8-11-18)14-21(26(35)36)30-22(31)12-9-15-3-1-4-17(13-15)25(33)34/h1-13,21H,14H2,(H,29,32)(H,30,31)(H,33,34)(H,35,36)/b12-9+/t21-/m0/s1. The molecule has 0 aliphatic carbocycles. The van der Waals surface area contributed by atoms with E-state index in [2.05, 4.69) is 10.6 Å². The zero-order valence-corrected chi connectivity index (χ0v) is 20.1. The van der Waals surface area contributed by atoms with Crippen LogP contribution in [0.15, 0.2) is 72.8 Å². The molecule has 0 unspecified atom stereocenters. The number of hydrogen-bond donors (Lipinski definition) is 4. The Morgan fingerprint density at radius 2 is 1.53 bits per heavy atom. The molecule has 0 aliphatic rings. The molecule has 4 N–H and O–H groups in total. The molecule has 3 rings (SSSR count). The number of rotatable bonds is 9. The van der Waals surface area contributed by atoms with Crippen LogP contribution in [0.5, 0.6) is 0 Å². The molecule has 0 heterocycles. The van der Waals surface area contributed by atoms with Gasteiger partial charge in [0.2, 0.25) is 5.91 Å². The minimum atomic E-state index is -1.23. The molecule has 1 atom stereocenters. The van der Waals surface area contributed by atoms with Crippen LogP contribution in [0.2, 0.25) is 10.0 Å². The third kappa shape index (κ3) is 7.18. The Kier molecular flexibility index (Phi) is 8.83. The average Bonchev–Trinajstić information content (AvgIpc) is 2.83. The van der Waals surface area contributed by atoms with Crippen LogP contribution in [-0.4, -0.2) is 40.0 Å². The van der Waals surface area contributed by atoms with E-state index in [9.17, 15) is 24.3 Å². The van der Waals surface area contributed by atoms with E-state index in [1.807, 2.05) is 0 Å². The van der Waals surface area contributed by atoms with Crippen molar-refractivity contribution in [3.8, 4) is 0 Å². The topological polar surface area (TPSA) is 133 Å². The Bertz CT molecular complexity index is 1320. The van der Waals surface area contributed by atoms with Gasteiger partial charge in [0.05, 0.1) is 21.2 Å². The molecule has 8 nitrogen and oxygen atoms in total. The molecule has 3 aromatic carbocycles. The summed E-state index contributed by atoms with van der Waals surface area (Å²) in [5.41, 5.74) is 1.74. The van der Waals surface area contributed by atoms with Crippen molar-refractivity contribution < 1.29 is 29.4 Å². The summed E-state index contributed by atoms with van der Waals surface area (Å²) in [6, 6.07) is 15.9. The fraction of sp³-hybridized carbons (Fsp3) is 0.0769. The monoisotopic (exact) mass is 526 g/mol. The van der Waals surface area contributed by atoms with E-state index in [1.54, 1.807) is 48.5 Å². The van der Waals surface area contributed by atoms with Crippen molar-refractivity contribution in [1.29, 1.82) is 0 Å². The van der Waals surface area contributed by atoms with Gasteiger partial charge in [-0.3, -0.25) is 9.59 Å². The number of carboxylic acid groups (broad SMARTS) is 2. The number of carboxylic acids is 2. The van der Waals surface area contributed by atoms with Crippen LogP contribution < -0.4 is 10.6 Å². The van der Waals surface area contributed by atoms with Crippen molar-refractivity contribution in [2.45, 2.75) is 12.5 Å². The van der Waals surface area contributed by atoms with Crippen LogP contribution >= 0.6 is 23.2 Å². The van der Waals surface area contributed by atoms with Gasteiger partial charge < -0.3 is 20.8 Å². The van der Waals surface area contributed by atoms with Crippen molar-refractivity contribution in [2.24, 2.45) is 0 Å². The molecule has 0 saturated carbocycles. The summed E-state index contributed by atoms with van der Waals surface area (Å²) in [4.78, 5) is 47.5. The summed E-state index contributed by atoms with van der Waals surface area (Å²) in [6.07, 6.45) is 2.52. The quantitative estimate of drug-likeness (QED) is 0.297. The van der Waals surface area contributed by atoms with Gasteiger partial charge in [-0.2, -0.15) is 0 Å². The molecule has 184 valence electrons. The molecule has 2 amide bonds. The molecular formula is C26H20Cl2N2O6. The molecule has 0 spiro atoms. The van der Waals surface area contributed by atoms with Gasteiger partial charge in [-0.1, -0.05) is 53.5 Å². The minimum Gasteiger partial charge on any atom is -0.480 e. The molecule has 0 radical (unpaired) electrons. The number of nitrogens with one attached hydrogen (secondary N) is 2. The first-order chi connectivity index (χ1) is 17.1. The molecule has 0 aliphatic heterocycles. The maximum absolute atomic E-state index is 12.5. The number of aromatic carboxylic acids is 1. The van der Waals surface area contributed by atoms with Gasteiger partial charge in [0.25, 0.3) is 5.91 Å². The smallest absolute Gasteiger partial charge is 0.335 e. The summed E-state index contributed by atoms with van der Waals surface area (Å²) in [5.74, 6) is -3.47. The van der Waals surface area contributed by atoms with E-state index in [1.165, 1.54) is 24.3 Å². The van der Waals surface area contributed by atoms with E-state index in [-0.39, 0.29) is 27.6 Å². The third-order valence-electron chi connectivity index (χ3n) is 5.02. The number of anilines is 1. The number of aliphatic carboxylic acids is 1. The Morgan fingerprint density at radius 3 is 2.14 bits per heavy atom. The summed E-state index contributed by atoms with van der Waals surface area (Å²) < 4.78 is 0. The first-order valence-corrected chi connectivity index (χ1v) is 11.3. The molecule has 0 saturated heterocycles. The molecule has 0 aromatic heterocycles. The zero-order valence-electron chi connectivity index (χ0n) is 18.6. The number of hydrogen-bond acceptors (Lipinski definition) is 4. The minimum absolute atomic E-state index is 0.00597. The van der Waals surface area contributed by atoms with Crippen LogP contribution in [0.25, 0.3) is 6.08 Å². The molecular weight excluding hydrogens is 507 g/mol. The highest BCUT2D eigenvalue weighted by atomic mass is 35.5. The van der Waals surface area contributed by atoms with Gasteiger partial charge in [0, 0.05) is 18.2 Å². The SMILES string of the molecule is O=C(/C=C/c1cccc(C(=O)O)c1)N[C@@H](Cc1ccc(NC(=O)c2c(Cl)cccc2Cl)cc1)C(=O)O. The highest BCUT2D eigenvalue weighted by molar-refractivity contribution is 6.40. The van der Waals surface area contributed by atoms with Gasteiger partial charge >= 0.3 is 11.9 Å². The van der Waals surface area contributed by atoms with E-state index in [4.69, 9.17) is 28.3 Å². The predicted octanol–water partition coefficient (Wildman–Crippen LogP) is 4.77. The fourth-order valence-electron chi connectivity index (χ4n) is 3.24. The van der Waals surface area contributed by atoms with Crippen molar-refractivity contribution in [1.82, 2.24) is 5.32 Å². The highest BCUT2D eigenvalue weighted by Gasteiger charge is 2.20. The van der Waals surface area contributed by atoms with E-state index >= 15 is 0 Å². The van der Waals surface area contributed by atoms with Crippen molar-refractivity contribution >= 4 is 58.7 Å². The second-order valence-electron chi connectivity index (χ2n) is 7.62. The fourth-order valence-corrected chi connectivity index (χ4v) is 3.80. The number of amides is 2. The number of carbonyl (C=O) groups is 4. The van der Waals surface area contributed by atoms with Crippen LogP contribution in [0.3, 0.4) is 0 Å². The summed E-state index contributed by atoms with van der Waals surface area (Å²) in [5, 5.41) is 24.1. The van der Waals surface area contributed by atoms with Crippen molar-refractivity contribution in [3.63, 3.8) is 0 Å². The number of halogens is 2. The van der Waals surface area contributed by atoms with Gasteiger partial charge in [-0.05, 0) is 53.6 Å². The van der Waals surface area contributed by atoms with E-state index < -0.39 is 29.8 Å². The molecule has 3 aromatic rings. The Labute approximate surface area is 216 Å². The number of carbonyl (C=O) groups excluding carboxylic acids is 2. The number of benzene rings is 3. The lowest BCUT2D eigenvalue weighted by atomic mass is 10.1. The summed E-state index contributed by atoms with van der Waals surface area (Å²) in [6.45, 7) is 0. The van der Waals surface area contributed by atoms with Gasteiger partial charge in [-0.15, -0.1) is 0 Å². The van der Waals surface area contributed by atoms with E-state index in [0.29, 0.717) is 16.8 Å². The third-order valence-corrected chi connectivity index (χ3v) is 5.65. The maximum Gasteiger partial charge on any atom is 0.335 e. The van der Waals surface area contributed by atoms with Crippen LogP contribution in [0, 0.1) is 0 Å². The first-order valence-electron chi connectivity index (χ1n) is 10.5. The molecule has 0 bridgehead atoms. The zero-order chi connectivity index (χ0) is 26.2. The summed E-state index contributed by atoms with van der Waals surface area (Å²) in [7, 11) is 0. The summed E-state index contributed by atoms with van der Waals surface area (Å²) >= 11 is 12.1. The normalized spacial score (nSPS) is 11.6. The highest BCUT2D eigenvalue weighted by Crippen LogP contribution is 2.25. The second-order valence-corrected chi connectivity index (χ2v) is 8.43. The molecule has 10 heteroatoms. The lowest BCUT2D eigenvalue weighted by molar-refractivity contribution is -0.141. The average molecular weight is 527 g/mol. The van der Waals surface area contributed by atoms with Crippen LogP contribution in [0.4, 0.5) is 5.69 Å². The van der Waals surface area contributed by atoms with Crippen molar-refractivity contribution in [3.05, 3.63) is 105 Å². The molecule has 36 heavy (non-hydrogen) atoms. The second kappa shape index (κ2) is 12.0. The first kappa shape index (κ1) is 26.5. The van der Waals surface area contributed by atoms with Crippen LogP contribution in [0.1, 0.15) is 31.8 Å². The Morgan fingerprint density at radius 1 is 0.889 bits per heavy atom. The lowest BCUT2D eigenvalue weighted by Gasteiger charge is -2.14. The predicted molar refractivity (Wildman–Crippen MR) is 137 cm³/mol. The Hall–Kier alpha value is -4.14. The van der Waals surface area contributed by atoms with Crippen molar-refractivity contribution in [2.75, 3.05) is 5.32 Å². The lowest BCUT2D eigenvalue weighted by Crippen LogP contribution is -2.41. The largest absolute Gasteiger partial charge is 0.480 e.